The van der Waals surface area contributed by atoms with Crippen LogP contribution in [-0.4, -0.2) is 19.0 Å². The summed E-state index contributed by atoms with van der Waals surface area (Å²) in [6.07, 6.45) is -4.45. The van der Waals surface area contributed by atoms with E-state index in [4.69, 9.17) is 5.84 Å². The van der Waals surface area contributed by atoms with Gasteiger partial charge >= 0.3 is 6.18 Å². The van der Waals surface area contributed by atoms with Gasteiger partial charge < -0.3 is 4.74 Å². The summed E-state index contributed by atoms with van der Waals surface area (Å²) in [7, 11) is 0. The molecule has 0 spiro atoms. The quantitative estimate of drug-likeness (QED) is 0.380. The molecule has 0 fully saturated rings. The standard InChI is InChI=1S/C8H7F3N2O.C3H6O2/c9-8(10,11)6-3-1-2-5(4-6)7(14)13-12;1-2-5-3-4/h1-4H,12H2,(H,13,14);3H,2H2,1H3. The molecule has 0 aromatic heterocycles. The monoisotopic (exact) mass is 278 g/mol. The van der Waals surface area contributed by atoms with Gasteiger partial charge in [0.15, 0.2) is 0 Å². The number of rotatable bonds is 3. The van der Waals surface area contributed by atoms with Crippen molar-refractivity contribution in [2.75, 3.05) is 6.61 Å². The molecule has 0 aliphatic rings. The molecule has 0 aliphatic carbocycles. The molecule has 1 aromatic rings. The molecule has 3 N–H and O–H groups in total. The van der Waals surface area contributed by atoms with Gasteiger partial charge in [0.25, 0.3) is 12.4 Å². The molecular formula is C11H13F3N2O3. The van der Waals surface area contributed by atoms with Crippen LogP contribution in [0.25, 0.3) is 0 Å². The minimum atomic E-state index is -4.45. The third-order valence-electron chi connectivity index (χ3n) is 1.82. The van der Waals surface area contributed by atoms with Crippen LogP contribution < -0.4 is 11.3 Å². The summed E-state index contributed by atoms with van der Waals surface area (Å²) >= 11 is 0. The number of amides is 1. The van der Waals surface area contributed by atoms with Gasteiger partial charge in [0.2, 0.25) is 0 Å². The van der Waals surface area contributed by atoms with E-state index in [1.54, 1.807) is 12.3 Å². The Balaban J connectivity index is 0.000000555. The van der Waals surface area contributed by atoms with Gasteiger partial charge in [-0.3, -0.25) is 15.0 Å². The number of hydrogen-bond donors (Lipinski definition) is 2. The van der Waals surface area contributed by atoms with E-state index in [9.17, 15) is 22.8 Å². The fourth-order valence-corrected chi connectivity index (χ4v) is 0.988. The lowest BCUT2D eigenvalue weighted by atomic mass is 10.1. The zero-order valence-corrected chi connectivity index (χ0v) is 10.0. The predicted molar refractivity (Wildman–Crippen MR) is 60.8 cm³/mol. The number of nitrogens with one attached hydrogen (secondary N) is 1. The highest BCUT2D eigenvalue weighted by Crippen LogP contribution is 2.29. The SMILES string of the molecule is CCOC=O.NNC(=O)c1cccc(C(F)(F)F)c1. The molecule has 1 amide bonds. The molecule has 0 bridgehead atoms. The number of carbonyl (C=O) groups is 2. The van der Waals surface area contributed by atoms with E-state index >= 15 is 0 Å². The topological polar surface area (TPSA) is 81.4 Å². The van der Waals surface area contributed by atoms with Gasteiger partial charge in [0, 0.05) is 5.56 Å². The number of nitrogen functional groups attached to an aromatic ring is 1. The van der Waals surface area contributed by atoms with Gasteiger partial charge in [-0.15, -0.1) is 0 Å². The minimum Gasteiger partial charge on any atom is -0.468 e. The first-order chi connectivity index (χ1) is 8.86. The molecule has 0 aliphatic heterocycles. The van der Waals surface area contributed by atoms with Crippen molar-refractivity contribution < 1.29 is 27.5 Å². The fraction of sp³-hybridized carbons (Fsp3) is 0.273. The summed E-state index contributed by atoms with van der Waals surface area (Å²) < 4.78 is 40.7. The Morgan fingerprint density at radius 3 is 2.47 bits per heavy atom. The normalized spacial score (nSPS) is 9.95. The first-order valence-corrected chi connectivity index (χ1v) is 5.10. The molecule has 8 heteroatoms. The Bertz CT molecular complexity index is 422. The zero-order valence-electron chi connectivity index (χ0n) is 10.0. The van der Waals surface area contributed by atoms with Crippen LogP contribution in [0.1, 0.15) is 22.8 Å². The van der Waals surface area contributed by atoms with Gasteiger partial charge in [-0.1, -0.05) is 6.07 Å². The van der Waals surface area contributed by atoms with E-state index in [-0.39, 0.29) is 5.56 Å². The molecule has 1 rings (SSSR count). The van der Waals surface area contributed by atoms with Crippen molar-refractivity contribution in [2.45, 2.75) is 13.1 Å². The molecule has 19 heavy (non-hydrogen) atoms. The number of hydrazine groups is 1. The van der Waals surface area contributed by atoms with Crippen molar-refractivity contribution in [3.05, 3.63) is 35.4 Å². The fourth-order valence-electron chi connectivity index (χ4n) is 0.988. The van der Waals surface area contributed by atoms with E-state index < -0.39 is 17.6 Å². The van der Waals surface area contributed by atoms with E-state index in [1.165, 1.54) is 6.07 Å². The van der Waals surface area contributed by atoms with Crippen LogP contribution in [0, 0.1) is 0 Å². The molecular weight excluding hydrogens is 265 g/mol. The summed E-state index contributed by atoms with van der Waals surface area (Å²) in [6.45, 7) is 2.66. The molecule has 0 heterocycles. The van der Waals surface area contributed by atoms with Crippen molar-refractivity contribution in [1.29, 1.82) is 0 Å². The summed E-state index contributed by atoms with van der Waals surface area (Å²) in [5, 5.41) is 0. The highest BCUT2D eigenvalue weighted by molar-refractivity contribution is 5.93. The Labute approximate surface area is 107 Å². The van der Waals surface area contributed by atoms with Gasteiger partial charge in [0.05, 0.1) is 12.2 Å². The number of carbonyl (C=O) groups excluding carboxylic acids is 2. The van der Waals surface area contributed by atoms with Gasteiger partial charge in [0.1, 0.15) is 0 Å². The third kappa shape index (κ3) is 6.41. The largest absolute Gasteiger partial charge is 0.468 e. The average molecular weight is 278 g/mol. The first-order valence-electron chi connectivity index (χ1n) is 5.10. The van der Waals surface area contributed by atoms with Crippen molar-refractivity contribution in [3.63, 3.8) is 0 Å². The highest BCUT2D eigenvalue weighted by atomic mass is 19.4. The van der Waals surface area contributed by atoms with Crippen molar-refractivity contribution in [1.82, 2.24) is 5.43 Å². The van der Waals surface area contributed by atoms with Crippen LogP contribution in [0.4, 0.5) is 13.2 Å². The maximum absolute atomic E-state index is 12.2. The van der Waals surface area contributed by atoms with Crippen LogP contribution in [0.3, 0.4) is 0 Å². The molecule has 0 unspecified atom stereocenters. The maximum Gasteiger partial charge on any atom is 0.416 e. The summed E-state index contributed by atoms with van der Waals surface area (Å²) in [5.74, 6) is 4.03. The van der Waals surface area contributed by atoms with Crippen molar-refractivity contribution in [2.24, 2.45) is 5.84 Å². The van der Waals surface area contributed by atoms with Crippen LogP contribution >= 0.6 is 0 Å². The molecule has 0 saturated heterocycles. The predicted octanol–water partition coefficient (Wildman–Crippen LogP) is 1.49. The molecule has 0 saturated carbocycles. The summed E-state index contributed by atoms with van der Waals surface area (Å²) in [4.78, 5) is 20.1. The minimum absolute atomic E-state index is 0.123. The van der Waals surface area contributed by atoms with E-state index in [0.717, 1.165) is 18.2 Å². The van der Waals surface area contributed by atoms with Gasteiger partial charge in [-0.25, -0.2) is 5.84 Å². The van der Waals surface area contributed by atoms with E-state index in [2.05, 4.69) is 4.74 Å². The number of alkyl halides is 3. The van der Waals surface area contributed by atoms with Crippen molar-refractivity contribution >= 4 is 12.4 Å². The number of hydrogen-bond acceptors (Lipinski definition) is 4. The number of ether oxygens (including phenoxy) is 1. The lowest BCUT2D eigenvalue weighted by Gasteiger charge is -2.07. The van der Waals surface area contributed by atoms with Crippen LogP contribution in [0.2, 0.25) is 0 Å². The molecule has 0 radical (unpaired) electrons. The van der Waals surface area contributed by atoms with Crippen molar-refractivity contribution in [3.8, 4) is 0 Å². The average Bonchev–Trinajstić information content (AvgIpc) is 2.38. The first kappa shape index (κ1) is 16.9. The van der Waals surface area contributed by atoms with E-state index in [0.29, 0.717) is 13.1 Å². The smallest absolute Gasteiger partial charge is 0.416 e. The summed E-state index contributed by atoms with van der Waals surface area (Å²) in [5.41, 5.74) is 0.754. The second-order valence-corrected chi connectivity index (χ2v) is 3.10. The maximum atomic E-state index is 12.2. The third-order valence-corrected chi connectivity index (χ3v) is 1.82. The van der Waals surface area contributed by atoms with Crippen LogP contribution in [-0.2, 0) is 15.7 Å². The lowest BCUT2D eigenvalue weighted by Crippen LogP contribution is -2.30. The lowest BCUT2D eigenvalue weighted by molar-refractivity contribution is -0.137. The zero-order chi connectivity index (χ0) is 14.9. The second kappa shape index (κ2) is 8.09. The number of benzene rings is 1. The molecule has 0 atom stereocenters. The van der Waals surface area contributed by atoms with Crippen LogP contribution in [0.15, 0.2) is 24.3 Å². The van der Waals surface area contributed by atoms with E-state index in [1.807, 2.05) is 0 Å². The number of halogens is 3. The second-order valence-electron chi connectivity index (χ2n) is 3.10. The summed E-state index contributed by atoms with van der Waals surface area (Å²) in [6, 6.07) is 4.01. The van der Waals surface area contributed by atoms with Crippen LogP contribution in [0.5, 0.6) is 0 Å². The molecule has 106 valence electrons. The Hall–Kier alpha value is -2.09. The molecule has 5 nitrogen and oxygen atoms in total. The van der Waals surface area contributed by atoms with Gasteiger partial charge in [-0.2, -0.15) is 13.2 Å². The molecule has 1 aromatic carbocycles. The Kier molecular flexibility index (Phi) is 7.20. The van der Waals surface area contributed by atoms with Gasteiger partial charge in [-0.05, 0) is 25.1 Å². The highest BCUT2D eigenvalue weighted by Gasteiger charge is 2.30. The Morgan fingerprint density at radius 1 is 1.47 bits per heavy atom. The number of nitrogens with two attached hydrogens (primary N) is 1. The Morgan fingerprint density at radius 2 is 2.11 bits per heavy atom.